The molecule has 43 valence electrons. The van der Waals surface area contributed by atoms with Crippen LogP contribution in [0.4, 0.5) is 0 Å². The van der Waals surface area contributed by atoms with Crippen LogP contribution in [0.3, 0.4) is 0 Å². The van der Waals surface area contributed by atoms with Crippen molar-refractivity contribution in [3.8, 4) is 0 Å². The second kappa shape index (κ2) is 1.55. The summed E-state index contributed by atoms with van der Waals surface area (Å²) in [5.41, 5.74) is 0.796. The molecule has 0 aliphatic heterocycles. The summed E-state index contributed by atoms with van der Waals surface area (Å²) in [5, 5.41) is 4.49. The first-order chi connectivity index (χ1) is 4.47. The summed E-state index contributed by atoms with van der Waals surface area (Å²) in [5.74, 6) is 0. The third-order valence-electron chi connectivity index (χ3n) is 1.09. The molecule has 2 aromatic heterocycles. The number of fused-ring (bicyclic) bond motifs is 1. The molecule has 0 atom stereocenters. The van der Waals surface area contributed by atoms with Gasteiger partial charge < -0.3 is 4.52 Å². The van der Waals surface area contributed by atoms with E-state index in [4.69, 9.17) is 0 Å². The van der Waals surface area contributed by atoms with Crippen LogP contribution in [-0.2, 0) is 0 Å². The van der Waals surface area contributed by atoms with Crippen LogP contribution in [0.25, 0.3) is 10.9 Å². The van der Waals surface area contributed by atoms with Crippen LogP contribution in [0, 0.1) is 6.20 Å². The molecule has 0 saturated heterocycles. The van der Waals surface area contributed by atoms with Gasteiger partial charge in [-0.05, 0) is 6.07 Å². The summed E-state index contributed by atoms with van der Waals surface area (Å²) in [4.78, 5) is 3.76. The molecule has 1 radical (unpaired) electrons. The fourth-order valence-electron chi connectivity index (χ4n) is 0.664. The predicted molar refractivity (Wildman–Crippen MR) is 30.6 cm³/mol. The van der Waals surface area contributed by atoms with E-state index in [2.05, 4.69) is 20.9 Å². The third kappa shape index (κ3) is 0.579. The summed E-state index contributed by atoms with van der Waals surface area (Å²) in [6.07, 6.45) is 5.87. The van der Waals surface area contributed by atoms with Crippen LogP contribution in [-0.4, -0.2) is 10.1 Å². The molecule has 0 fully saturated rings. The van der Waals surface area contributed by atoms with E-state index in [1.54, 1.807) is 12.3 Å². The molecule has 0 spiro atoms. The lowest BCUT2D eigenvalue weighted by molar-refractivity contribution is 0.428. The van der Waals surface area contributed by atoms with Crippen molar-refractivity contribution >= 4 is 10.9 Å². The lowest BCUT2D eigenvalue weighted by Gasteiger charge is -1.76. The molecule has 0 saturated carbocycles. The minimum atomic E-state index is 0.796. The zero-order valence-electron chi connectivity index (χ0n) is 4.53. The summed E-state index contributed by atoms with van der Waals surface area (Å²) < 4.78 is 4.64. The Kier molecular flexibility index (Phi) is 0.773. The number of hydrogen-bond acceptors (Lipinski definition) is 3. The maximum atomic E-state index is 4.64. The van der Waals surface area contributed by atoms with Crippen molar-refractivity contribution in [2.75, 3.05) is 0 Å². The lowest BCUT2D eigenvalue weighted by Crippen LogP contribution is -1.68. The summed E-state index contributed by atoms with van der Waals surface area (Å²) in [6.45, 7) is 0. The fourth-order valence-corrected chi connectivity index (χ4v) is 0.664. The van der Waals surface area contributed by atoms with Crippen molar-refractivity contribution in [1.29, 1.82) is 0 Å². The molecular formula is C6H3N2O. The van der Waals surface area contributed by atoms with E-state index in [0.29, 0.717) is 0 Å². The normalized spacial score (nSPS) is 10.2. The lowest BCUT2D eigenvalue weighted by atomic mass is 10.4. The Hall–Kier alpha value is -1.38. The van der Waals surface area contributed by atoms with Crippen LogP contribution in [0.2, 0.25) is 0 Å². The molecule has 3 heteroatoms. The zero-order valence-corrected chi connectivity index (χ0v) is 4.53. The summed E-state index contributed by atoms with van der Waals surface area (Å²) >= 11 is 0. The number of pyridine rings is 1. The minimum absolute atomic E-state index is 0.796. The molecule has 0 aliphatic rings. The highest BCUT2D eigenvalue weighted by Gasteiger charge is 1.93. The molecule has 2 heterocycles. The van der Waals surface area contributed by atoms with Gasteiger partial charge in [0.15, 0.2) is 0 Å². The molecule has 2 aromatic rings. The summed E-state index contributed by atoms with van der Waals surface area (Å²) in [7, 11) is 0. The standard InChI is InChI=1S/C6H3N2O/c1-2-7-3-5-4-9-8-6(1)5/h1-2,4H. The van der Waals surface area contributed by atoms with Crippen LogP contribution in [0.5, 0.6) is 0 Å². The van der Waals surface area contributed by atoms with Crippen molar-refractivity contribution in [2.45, 2.75) is 0 Å². The van der Waals surface area contributed by atoms with Gasteiger partial charge >= 0.3 is 0 Å². The van der Waals surface area contributed by atoms with Crippen molar-refractivity contribution in [2.24, 2.45) is 0 Å². The van der Waals surface area contributed by atoms with Gasteiger partial charge in [0.2, 0.25) is 0 Å². The van der Waals surface area contributed by atoms with Gasteiger partial charge in [-0.25, -0.2) is 0 Å². The van der Waals surface area contributed by atoms with Gasteiger partial charge in [0, 0.05) is 6.20 Å². The average molecular weight is 119 g/mol. The first-order valence-electron chi connectivity index (χ1n) is 2.53. The van der Waals surface area contributed by atoms with Crippen molar-refractivity contribution in [3.05, 3.63) is 24.7 Å². The summed E-state index contributed by atoms with van der Waals surface area (Å²) in [6, 6.07) is 1.77. The number of rotatable bonds is 0. The highest BCUT2D eigenvalue weighted by molar-refractivity contribution is 5.74. The van der Waals surface area contributed by atoms with Crippen molar-refractivity contribution < 1.29 is 4.52 Å². The van der Waals surface area contributed by atoms with E-state index in [1.807, 2.05) is 0 Å². The second-order valence-corrected chi connectivity index (χ2v) is 1.67. The quantitative estimate of drug-likeness (QED) is 0.519. The highest BCUT2D eigenvalue weighted by Crippen LogP contribution is 2.06. The first kappa shape index (κ1) is 4.49. The van der Waals surface area contributed by atoms with Gasteiger partial charge in [0.1, 0.15) is 18.0 Å². The van der Waals surface area contributed by atoms with Crippen LogP contribution in [0.1, 0.15) is 0 Å². The van der Waals surface area contributed by atoms with Crippen LogP contribution in [0.15, 0.2) is 23.0 Å². The SMILES string of the molecule is [c]1nccc2nocc12. The largest absolute Gasteiger partial charge is 0.363 e. The molecule has 3 nitrogen and oxygen atoms in total. The Bertz CT molecular complexity index is 285. The Morgan fingerprint density at radius 3 is 3.44 bits per heavy atom. The second-order valence-electron chi connectivity index (χ2n) is 1.67. The van der Waals surface area contributed by atoms with Gasteiger partial charge in [0.25, 0.3) is 0 Å². The molecule has 0 N–H and O–H groups in total. The maximum absolute atomic E-state index is 4.64. The zero-order chi connectivity index (χ0) is 6.10. The highest BCUT2D eigenvalue weighted by atomic mass is 16.5. The molecule has 2 rings (SSSR count). The molecule has 0 aromatic carbocycles. The van der Waals surface area contributed by atoms with E-state index >= 15 is 0 Å². The maximum Gasteiger partial charge on any atom is 0.133 e. The molecule has 0 aliphatic carbocycles. The molecular weight excluding hydrogens is 116 g/mol. The number of nitrogens with zero attached hydrogens (tertiary/aromatic N) is 2. The fraction of sp³-hybridized carbons (Fsp3) is 0. The van der Waals surface area contributed by atoms with Gasteiger partial charge in [0.05, 0.1) is 5.39 Å². The minimum Gasteiger partial charge on any atom is -0.363 e. The Labute approximate surface area is 51.3 Å². The van der Waals surface area contributed by atoms with Crippen LogP contribution >= 0.6 is 0 Å². The predicted octanol–water partition coefficient (Wildman–Crippen LogP) is 1.02. The Morgan fingerprint density at radius 1 is 1.56 bits per heavy atom. The average Bonchev–Trinajstić information content (AvgIpc) is 2.33. The smallest absolute Gasteiger partial charge is 0.133 e. The van der Waals surface area contributed by atoms with Crippen LogP contribution < -0.4 is 0 Å². The number of aromatic nitrogens is 2. The topological polar surface area (TPSA) is 38.9 Å². The monoisotopic (exact) mass is 119 g/mol. The number of hydrogen-bond donors (Lipinski definition) is 0. The van der Waals surface area contributed by atoms with Gasteiger partial charge in [-0.3, -0.25) is 4.98 Å². The van der Waals surface area contributed by atoms with Crippen molar-refractivity contribution in [3.63, 3.8) is 0 Å². The van der Waals surface area contributed by atoms with Gasteiger partial charge in [-0.2, -0.15) is 0 Å². The molecule has 0 bridgehead atoms. The molecule has 0 unspecified atom stereocenters. The third-order valence-corrected chi connectivity index (χ3v) is 1.09. The Balaban J connectivity index is 2.95. The van der Waals surface area contributed by atoms with Gasteiger partial charge in [-0.1, -0.05) is 5.16 Å². The molecule has 0 amide bonds. The van der Waals surface area contributed by atoms with E-state index in [9.17, 15) is 0 Å². The molecule has 9 heavy (non-hydrogen) atoms. The van der Waals surface area contributed by atoms with Gasteiger partial charge in [-0.15, -0.1) is 0 Å². The Morgan fingerprint density at radius 2 is 2.56 bits per heavy atom. The van der Waals surface area contributed by atoms with E-state index in [-0.39, 0.29) is 0 Å². The van der Waals surface area contributed by atoms with E-state index < -0.39 is 0 Å². The first-order valence-corrected chi connectivity index (χ1v) is 2.53. The van der Waals surface area contributed by atoms with Crippen molar-refractivity contribution in [1.82, 2.24) is 10.1 Å². The van der Waals surface area contributed by atoms with E-state index in [0.717, 1.165) is 10.9 Å². The van der Waals surface area contributed by atoms with E-state index in [1.165, 1.54) is 6.26 Å².